The van der Waals surface area contributed by atoms with E-state index in [2.05, 4.69) is 11.2 Å². The first-order valence-corrected chi connectivity index (χ1v) is 7.09. The van der Waals surface area contributed by atoms with Crippen molar-refractivity contribution in [3.05, 3.63) is 41.4 Å². The Bertz CT molecular complexity index is 643. The number of amides is 1. The lowest BCUT2D eigenvalue weighted by Crippen LogP contribution is -2.25. The highest BCUT2D eigenvalue weighted by atomic mass is 35.5. The minimum absolute atomic E-state index is 0.0768. The lowest BCUT2D eigenvalue weighted by atomic mass is 10.1. The first-order valence-electron chi connectivity index (χ1n) is 5.72. The summed E-state index contributed by atoms with van der Waals surface area (Å²) in [5.74, 6) is 2.62. The predicted molar refractivity (Wildman–Crippen MR) is 81.5 cm³/mol. The fraction of sp³-hybridized carbons (Fsp3) is 0.133. The van der Waals surface area contributed by atoms with Crippen molar-refractivity contribution >= 4 is 40.0 Å². The Morgan fingerprint density at radius 2 is 2.05 bits per heavy atom. The fourth-order valence-electron chi connectivity index (χ4n) is 1.73. The van der Waals surface area contributed by atoms with Gasteiger partial charge in [-0.05, 0) is 17.5 Å². The molecule has 0 bridgehead atoms. The number of thioether (sulfide) groups is 1. The Hall–Kier alpha value is -1.63. The maximum Gasteiger partial charge on any atom is 0.231 e. The summed E-state index contributed by atoms with van der Waals surface area (Å²) in [4.78, 5) is 12.5. The number of rotatable bonds is 4. The minimum Gasteiger partial charge on any atom is -0.344 e. The van der Waals surface area contributed by atoms with Crippen LogP contribution in [0.25, 0.3) is 10.8 Å². The van der Waals surface area contributed by atoms with Gasteiger partial charge in [0.05, 0.1) is 12.3 Å². The third-order valence-electron chi connectivity index (χ3n) is 2.56. The Morgan fingerprint density at radius 1 is 1.32 bits per heavy atom. The highest BCUT2D eigenvalue weighted by molar-refractivity contribution is 8.00. The first kappa shape index (κ1) is 13.8. The van der Waals surface area contributed by atoms with E-state index in [0.717, 1.165) is 15.7 Å². The van der Waals surface area contributed by atoms with Gasteiger partial charge in [-0.15, -0.1) is 18.2 Å². The summed E-state index contributed by atoms with van der Waals surface area (Å²) in [6, 6.07) is 11.7. The maximum atomic E-state index is 11.5. The van der Waals surface area contributed by atoms with Crippen LogP contribution in [0.5, 0.6) is 0 Å². The molecule has 0 aliphatic carbocycles. The second-order valence-electron chi connectivity index (χ2n) is 3.86. The molecular formula is C15H12ClNOS. The van der Waals surface area contributed by atoms with Gasteiger partial charge < -0.3 is 5.32 Å². The Kier molecular flexibility index (Phi) is 4.73. The SMILES string of the molecule is C#CCNC(=O)CSc1cccc2cccc(Cl)c12. The number of nitrogens with one attached hydrogen (secondary N) is 1. The number of carbonyl (C=O) groups excluding carboxylic acids is 1. The van der Waals surface area contributed by atoms with E-state index in [1.807, 2.05) is 36.4 Å². The highest BCUT2D eigenvalue weighted by Crippen LogP contribution is 2.32. The van der Waals surface area contributed by atoms with Crippen LogP contribution >= 0.6 is 23.4 Å². The average molecular weight is 290 g/mol. The van der Waals surface area contributed by atoms with Gasteiger partial charge in [0.1, 0.15) is 0 Å². The number of hydrogen-bond acceptors (Lipinski definition) is 2. The predicted octanol–water partition coefficient (Wildman–Crippen LogP) is 3.33. The summed E-state index contributed by atoms with van der Waals surface area (Å²) in [7, 11) is 0. The van der Waals surface area contributed by atoms with E-state index in [1.165, 1.54) is 11.8 Å². The van der Waals surface area contributed by atoms with Gasteiger partial charge in [0, 0.05) is 15.3 Å². The zero-order valence-corrected chi connectivity index (χ0v) is 11.7. The van der Waals surface area contributed by atoms with E-state index in [9.17, 15) is 4.79 Å². The van der Waals surface area contributed by atoms with Crippen molar-refractivity contribution in [3.63, 3.8) is 0 Å². The second kappa shape index (κ2) is 6.51. The molecule has 0 heterocycles. The van der Waals surface area contributed by atoms with Crippen LogP contribution in [-0.2, 0) is 4.79 Å². The highest BCUT2D eigenvalue weighted by Gasteiger charge is 2.07. The van der Waals surface area contributed by atoms with Crippen LogP contribution in [0.2, 0.25) is 5.02 Å². The van der Waals surface area contributed by atoms with E-state index < -0.39 is 0 Å². The molecule has 0 saturated carbocycles. The molecule has 1 amide bonds. The third kappa shape index (κ3) is 3.44. The summed E-state index contributed by atoms with van der Waals surface area (Å²) in [5.41, 5.74) is 0. The number of benzene rings is 2. The maximum absolute atomic E-state index is 11.5. The van der Waals surface area contributed by atoms with Crippen molar-refractivity contribution in [3.8, 4) is 12.3 Å². The summed E-state index contributed by atoms with van der Waals surface area (Å²) in [5, 5.41) is 5.39. The van der Waals surface area contributed by atoms with Crippen molar-refractivity contribution in [2.24, 2.45) is 0 Å². The second-order valence-corrected chi connectivity index (χ2v) is 5.29. The Balaban J connectivity index is 2.17. The third-order valence-corrected chi connectivity index (χ3v) is 3.93. The van der Waals surface area contributed by atoms with Crippen LogP contribution in [0.3, 0.4) is 0 Å². The van der Waals surface area contributed by atoms with E-state index >= 15 is 0 Å². The van der Waals surface area contributed by atoms with Crippen molar-refractivity contribution in [1.29, 1.82) is 0 Å². The van der Waals surface area contributed by atoms with Gasteiger partial charge in [-0.25, -0.2) is 0 Å². The van der Waals surface area contributed by atoms with Gasteiger partial charge in [0.2, 0.25) is 5.91 Å². The van der Waals surface area contributed by atoms with Gasteiger partial charge in [-0.2, -0.15) is 0 Å². The molecule has 2 nitrogen and oxygen atoms in total. The molecule has 4 heteroatoms. The molecule has 0 atom stereocenters. The molecule has 0 spiro atoms. The zero-order valence-electron chi connectivity index (χ0n) is 10.2. The van der Waals surface area contributed by atoms with E-state index in [4.69, 9.17) is 18.0 Å². The normalized spacial score (nSPS) is 10.1. The van der Waals surface area contributed by atoms with Gasteiger partial charge >= 0.3 is 0 Å². The van der Waals surface area contributed by atoms with Crippen LogP contribution in [0.1, 0.15) is 0 Å². The Labute approximate surface area is 121 Å². The standard InChI is InChI=1S/C15H12ClNOS/c1-2-9-17-14(18)10-19-13-8-4-6-11-5-3-7-12(16)15(11)13/h1,3-8H,9-10H2,(H,17,18). The van der Waals surface area contributed by atoms with Gasteiger partial charge in [0.15, 0.2) is 0 Å². The summed E-state index contributed by atoms with van der Waals surface area (Å²) in [6.45, 7) is 0.260. The minimum atomic E-state index is -0.0768. The number of fused-ring (bicyclic) bond motifs is 1. The summed E-state index contributed by atoms with van der Waals surface area (Å²) in [6.07, 6.45) is 5.09. The largest absolute Gasteiger partial charge is 0.344 e. The molecular weight excluding hydrogens is 278 g/mol. The molecule has 0 saturated heterocycles. The van der Waals surface area contributed by atoms with Gasteiger partial charge in [-0.1, -0.05) is 41.8 Å². The molecule has 2 rings (SSSR count). The molecule has 0 unspecified atom stereocenters. The molecule has 0 radical (unpaired) electrons. The molecule has 0 aliphatic heterocycles. The van der Waals surface area contributed by atoms with Crippen LogP contribution in [0.4, 0.5) is 0 Å². The van der Waals surface area contributed by atoms with Crippen molar-refractivity contribution in [2.75, 3.05) is 12.3 Å². The zero-order chi connectivity index (χ0) is 13.7. The topological polar surface area (TPSA) is 29.1 Å². The number of carbonyl (C=O) groups is 1. The average Bonchev–Trinajstić information content (AvgIpc) is 2.43. The van der Waals surface area contributed by atoms with Crippen LogP contribution in [0, 0.1) is 12.3 Å². The summed E-state index contributed by atoms with van der Waals surface area (Å²) < 4.78 is 0. The summed E-state index contributed by atoms with van der Waals surface area (Å²) >= 11 is 7.68. The van der Waals surface area contributed by atoms with Crippen LogP contribution in [0.15, 0.2) is 41.3 Å². The fourth-order valence-corrected chi connectivity index (χ4v) is 3.00. The molecule has 2 aromatic carbocycles. The molecule has 0 aliphatic rings. The lowest BCUT2D eigenvalue weighted by Gasteiger charge is -2.07. The molecule has 96 valence electrons. The van der Waals surface area contributed by atoms with Crippen molar-refractivity contribution in [2.45, 2.75) is 4.90 Å². The molecule has 2 aromatic rings. The van der Waals surface area contributed by atoms with Crippen LogP contribution < -0.4 is 5.32 Å². The monoisotopic (exact) mass is 289 g/mol. The van der Waals surface area contributed by atoms with Gasteiger partial charge in [-0.3, -0.25) is 4.79 Å². The van der Waals surface area contributed by atoms with Gasteiger partial charge in [0.25, 0.3) is 0 Å². The van der Waals surface area contributed by atoms with Crippen molar-refractivity contribution in [1.82, 2.24) is 5.32 Å². The Morgan fingerprint density at radius 3 is 2.79 bits per heavy atom. The quantitative estimate of drug-likeness (QED) is 0.691. The molecule has 19 heavy (non-hydrogen) atoms. The van der Waals surface area contributed by atoms with E-state index in [0.29, 0.717) is 10.8 Å². The van der Waals surface area contributed by atoms with Crippen LogP contribution in [-0.4, -0.2) is 18.2 Å². The molecule has 0 fully saturated rings. The first-order chi connectivity index (χ1) is 9.22. The van der Waals surface area contributed by atoms with E-state index in [1.54, 1.807) is 0 Å². The molecule has 0 aromatic heterocycles. The van der Waals surface area contributed by atoms with E-state index in [-0.39, 0.29) is 12.5 Å². The number of hydrogen-bond donors (Lipinski definition) is 1. The number of terminal acetylenes is 1. The lowest BCUT2D eigenvalue weighted by molar-refractivity contribution is -0.118. The smallest absolute Gasteiger partial charge is 0.231 e. The van der Waals surface area contributed by atoms with Crippen molar-refractivity contribution < 1.29 is 4.79 Å². The number of halogens is 1. The molecule has 1 N–H and O–H groups in total.